The molecule has 0 unspecified atom stereocenters. The van der Waals surface area contributed by atoms with E-state index in [-0.39, 0.29) is 45.9 Å². The van der Waals surface area contributed by atoms with Gasteiger partial charge < -0.3 is 49.8 Å². The zero-order chi connectivity index (χ0) is 12.9. The minimum absolute atomic E-state index is 0. The predicted molar refractivity (Wildman–Crippen MR) is 45.2 cm³/mol. The summed E-state index contributed by atoms with van der Waals surface area (Å²) in [6.45, 7) is 0. The largest absolute Gasteiger partial charge is 3.00 e. The molecule has 0 saturated carbocycles. The van der Waals surface area contributed by atoms with Crippen molar-refractivity contribution in [3.8, 4) is 0 Å². The van der Waals surface area contributed by atoms with Gasteiger partial charge in [0.25, 0.3) is 18.5 Å². The number of carbonyl (C=O) groups excluding carboxylic acids is 3. The molecule has 102 valence electrons. The average molecular weight is 302 g/mol. The third kappa shape index (κ3) is 119. The summed E-state index contributed by atoms with van der Waals surface area (Å²) >= 11 is 0. The molecule has 0 atom stereocenters. The first-order valence-corrected chi connectivity index (χ1v) is 2.38. The van der Waals surface area contributed by atoms with Gasteiger partial charge in [0.2, 0.25) is 0 Å². The Labute approximate surface area is 124 Å². The second kappa shape index (κ2) is 29.7. The normalized spacial score (nSPS) is 5.50. The molecule has 0 aromatic carbocycles. The second-order valence-corrected chi connectivity index (χ2v) is 1.02. The monoisotopic (exact) mass is 302 g/mol. The molecule has 0 aromatic rings. The molecule has 18 heavy (non-hydrogen) atoms. The van der Waals surface area contributed by atoms with Crippen LogP contribution in [0.5, 0.6) is 0 Å². The first-order chi connectivity index (χ1) is 6.81. The van der Waals surface area contributed by atoms with Crippen molar-refractivity contribution < 1.29 is 65.6 Å². The molecule has 0 rings (SSSR count). The van der Waals surface area contributed by atoms with Crippen LogP contribution < -0.4 is 15.3 Å². The first-order valence-electron chi connectivity index (χ1n) is 2.38. The number of hydrogen-bond donors (Lipinski definition) is 3. The zero-order valence-electron chi connectivity index (χ0n) is 7.59. The maximum Gasteiger partial charge on any atom is 3.00 e. The van der Waals surface area contributed by atoms with E-state index < -0.39 is 18.5 Å². The first kappa shape index (κ1) is 36.0. The molecule has 0 aromatic heterocycles. The molecule has 0 fully saturated rings. The van der Waals surface area contributed by atoms with Crippen molar-refractivity contribution in [2.75, 3.05) is 0 Å². The maximum atomic E-state index is 8.78. The molecular weight excluding hydrogens is 295 g/mol. The Morgan fingerprint density at radius 2 is 0.778 bits per heavy atom. The van der Waals surface area contributed by atoms with E-state index in [9.17, 15) is 0 Å². The summed E-state index contributed by atoms with van der Waals surface area (Å²) in [7, 11) is 0. The Morgan fingerprint density at radius 1 is 0.722 bits per heavy atom. The third-order valence-electron chi connectivity index (χ3n) is 0.224. The fraction of sp³-hybridized carbons (Fsp3) is 0. The van der Waals surface area contributed by atoms with E-state index in [1.165, 1.54) is 0 Å². The van der Waals surface area contributed by atoms with Gasteiger partial charge in [0.1, 0.15) is 0 Å². The van der Waals surface area contributed by atoms with E-state index in [1.807, 2.05) is 0 Å². The summed E-state index contributed by atoms with van der Waals surface area (Å²) < 4.78 is 0. The molecule has 0 spiro atoms. The van der Waals surface area contributed by atoms with E-state index >= 15 is 0 Å². The van der Waals surface area contributed by atoms with Crippen molar-refractivity contribution in [3.05, 3.63) is 0 Å². The molecule has 0 aliphatic heterocycles. The van der Waals surface area contributed by atoms with Crippen LogP contribution in [0.4, 0.5) is 14.4 Å². The summed E-state index contributed by atoms with van der Waals surface area (Å²) in [5.74, 6) is 0. The third-order valence-corrected chi connectivity index (χ3v) is 0.224. The van der Waals surface area contributed by atoms with Crippen LogP contribution >= 0.6 is 0 Å². The van der Waals surface area contributed by atoms with Crippen molar-refractivity contribution in [2.45, 2.75) is 0 Å². The molecule has 0 radical (unpaired) electrons. The van der Waals surface area contributed by atoms with Gasteiger partial charge in [0.05, 0.1) is 0 Å². The molecule has 0 heterocycles. The number of hydrogen-bond acceptors (Lipinski definition) is 12. The summed E-state index contributed by atoms with van der Waals surface area (Å²) in [4.78, 5) is 34.0. The molecule has 13 nitrogen and oxygen atoms in total. The zero-order valence-corrected chi connectivity index (χ0v) is 8.75. The summed E-state index contributed by atoms with van der Waals surface area (Å²) in [6.07, 6.45) is -5.82. The topological polar surface area (TPSA) is 240 Å². The van der Waals surface area contributed by atoms with Crippen LogP contribution in [0.2, 0.25) is 0 Å². The minimum Gasteiger partial charge on any atom is -0.424 e. The van der Waals surface area contributed by atoms with Crippen LogP contribution in [0.3, 0.4) is 0 Å². The van der Waals surface area contributed by atoms with Gasteiger partial charge in [-0.2, -0.15) is 0 Å². The Bertz CT molecular complexity index is 161. The Hall–Kier alpha value is -1.05. The molecule has 0 aliphatic carbocycles. The van der Waals surface area contributed by atoms with Crippen LogP contribution in [0.1, 0.15) is 0 Å². The van der Waals surface area contributed by atoms with Crippen molar-refractivity contribution in [1.29, 1.82) is 0 Å². The molecule has 0 aliphatic rings. The van der Waals surface area contributed by atoms with Gasteiger partial charge in [0, 0.05) is 0 Å². The van der Waals surface area contributed by atoms with Crippen molar-refractivity contribution in [2.24, 2.45) is 0 Å². The average Bonchev–Trinajstić information content (AvgIpc) is 2.19. The minimum atomic E-state index is -1.94. The molecule has 0 saturated heterocycles. The van der Waals surface area contributed by atoms with Gasteiger partial charge in [-0.1, -0.05) is 0 Å². The molecule has 15 heteroatoms. The fourth-order valence-electron chi connectivity index (χ4n) is 0. The van der Waals surface area contributed by atoms with Crippen molar-refractivity contribution in [3.63, 3.8) is 0 Å². The summed E-state index contributed by atoms with van der Waals surface area (Å²) in [5, 5.41) is 47.3. The quantitative estimate of drug-likeness (QED) is 0.164. The standard InChI is InChI=1S/3CH2O4.Al.Mg.H2O.2H/c3*2-1(3)5-4;;;;;/h3*4H,(H,2,3);;;1H2;;/q;;;+3;;;;/p-3. The molecular formula is C3H7AlMgO13. The number of rotatable bonds is 0. The van der Waals surface area contributed by atoms with Crippen molar-refractivity contribution >= 4 is 58.9 Å². The molecule has 0 amide bonds. The Balaban J connectivity index is -0.0000000277. The number of carbonyl (C=O) groups is 3. The van der Waals surface area contributed by atoms with Gasteiger partial charge in [-0.25, -0.2) is 0 Å². The Kier molecular flexibility index (Phi) is 59.4. The summed E-state index contributed by atoms with van der Waals surface area (Å²) in [5.41, 5.74) is 0. The van der Waals surface area contributed by atoms with Gasteiger partial charge in [-0.05, 0) is 0 Å². The van der Waals surface area contributed by atoms with Crippen LogP contribution in [-0.4, -0.2) is 80.1 Å². The smallest absolute Gasteiger partial charge is 0.424 e. The van der Waals surface area contributed by atoms with Gasteiger partial charge >= 0.3 is 40.4 Å². The number of carboxylic acid groups (broad SMARTS) is 3. The van der Waals surface area contributed by atoms with Crippen LogP contribution in [0.25, 0.3) is 0 Å². The second-order valence-electron chi connectivity index (χ2n) is 1.02. The van der Waals surface area contributed by atoms with E-state index in [4.69, 9.17) is 45.5 Å². The van der Waals surface area contributed by atoms with E-state index in [2.05, 4.69) is 14.7 Å². The van der Waals surface area contributed by atoms with Crippen molar-refractivity contribution in [1.82, 2.24) is 0 Å². The van der Waals surface area contributed by atoms with Crippen LogP contribution in [-0.2, 0) is 14.7 Å². The van der Waals surface area contributed by atoms with E-state index in [0.717, 1.165) is 0 Å². The van der Waals surface area contributed by atoms with Gasteiger partial charge in [-0.15, -0.1) is 0 Å². The fourth-order valence-corrected chi connectivity index (χ4v) is 0. The molecule has 5 N–H and O–H groups in total. The van der Waals surface area contributed by atoms with E-state index in [1.54, 1.807) is 0 Å². The van der Waals surface area contributed by atoms with Crippen LogP contribution in [0.15, 0.2) is 0 Å². The van der Waals surface area contributed by atoms with Gasteiger partial charge in [0.15, 0.2) is 0 Å². The van der Waals surface area contributed by atoms with Gasteiger partial charge in [-0.3, -0.25) is 15.8 Å². The van der Waals surface area contributed by atoms with E-state index in [0.29, 0.717) is 0 Å². The SMILES string of the molecule is O.O=C([O-])OO.O=C([O-])OO.O=C([O-])OO.[Al+3].[MgH2]. The Morgan fingerprint density at radius 3 is 0.778 bits per heavy atom. The molecule has 0 bridgehead atoms. The maximum absolute atomic E-state index is 8.78. The van der Waals surface area contributed by atoms with Crippen LogP contribution in [0, 0.1) is 0 Å². The predicted octanol–water partition coefficient (Wildman–Crippen LogP) is -5.66. The summed E-state index contributed by atoms with van der Waals surface area (Å²) in [6, 6.07) is 0.